The molecule has 0 N–H and O–H groups in total. The van der Waals surface area contributed by atoms with Crippen molar-refractivity contribution < 1.29 is 17.5 Å². The first-order valence-electron chi connectivity index (χ1n) is 9.13. The molecule has 1 aliphatic rings. The summed E-state index contributed by atoms with van der Waals surface area (Å²) in [5.74, 6) is 0.381. The highest BCUT2D eigenvalue weighted by molar-refractivity contribution is 7.89. The van der Waals surface area contributed by atoms with E-state index in [2.05, 4.69) is 4.90 Å². The lowest BCUT2D eigenvalue weighted by Crippen LogP contribution is -2.48. The highest BCUT2D eigenvalue weighted by Crippen LogP contribution is 2.18. The van der Waals surface area contributed by atoms with Crippen molar-refractivity contribution in [1.82, 2.24) is 9.21 Å². The Kier molecular flexibility index (Phi) is 6.46. The minimum atomic E-state index is -3.42. The van der Waals surface area contributed by atoms with E-state index in [0.29, 0.717) is 43.4 Å². The largest absolute Gasteiger partial charge is 0.494 e. The van der Waals surface area contributed by atoms with Gasteiger partial charge in [-0.25, -0.2) is 12.8 Å². The molecule has 146 valence electrons. The summed E-state index contributed by atoms with van der Waals surface area (Å²) in [5, 5.41) is 0. The van der Waals surface area contributed by atoms with Crippen LogP contribution in [-0.2, 0) is 10.0 Å². The number of rotatable bonds is 7. The number of ether oxygens (including phenoxy) is 1. The normalized spacial score (nSPS) is 16.4. The molecule has 0 bridgehead atoms. The summed E-state index contributed by atoms with van der Waals surface area (Å²) in [6.45, 7) is 5.75. The molecule has 3 rings (SSSR count). The molecule has 0 aliphatic carbocycles. The van der Waals surface area contributed by atoms with Crippen LogP contribution in [0.3, 0.4) is 0 Å². The molecule has 0 unspecified atom stereocenters. The number of halogens is 1. The van der Waals surface area contributed by atoms with Gasteiger partial charge in [-0.2, -0.15) is 4.31 Å². The molecular formula is C20H25FN2O3S. The first kappa shape index (κ1) is 19.8. The van der Waals surface area contributed by atoms with Gasteiger partial charge in [-0.05, 0) is 49.7 Å². The van der Waals surface area contributed by atoms with Crippen LogP contribution in [0.15, 0.2) is 53.4 Å². The maximum Gasteiger partial charge on any atom is 0.243 e. The van der Waals surface area contributed by atoms with E-state index in [0.717, 1.165) is 18.5 Å². The quantitative estimate of drug-likeness (QED) is 0.680. The zero-order valence-corrected chi connectivity index (χ0v) is 16.3. The van der Waals surface area contributed by atoms with Gasteiger partial charge >= 0.3 is 0 Å². The van der Waals surface area contributed by atoms with Gasteiger partial charge in [0, 0.05) is 32.7 Å². The van der Waals surface area contributed by atoms with Crippen molar-refractivity contribution in [2.75, 3.05) is 39.3 Å². The lowest BCUT2D eigenvalue weighted by atomic mass is 10.2. The lowest BCUT2D eigenvalue weighted by molar-refractivity contribution is 0.174. The van der Waals surface area contributed by atoms with E-state index in [4.69, 9.17) is 4.74 Å². The van der Waals surface area contributed by atoms with Gasteiger partial charge in [0.25, 0.3) is 0 Å². The Hall–Kier alpha value is -1.96. The smallest absolute Gasteiger partial charge is 0.243 e. The standard InChI is InChI=1S/C20H25FN2O3S/c1-17-3-9-20(10-4-17)27(24,25)23-14-12-22(13-15-23)11-2-16-26-19-7-5-18(21)6-8-19/h3-10H,2,11-16H2,1H3. The summed E-state index contributed by atoms with van der Waals surface area (Å²) < 4.78 is 45.4. The SMILES string of the molecule is Cc1ccc(S(=O)(=O)N2CCN(CCCOc3ccc(F)cc3)CC2)cc1. The molecule has 0 radical (unpaired) electrons. The van der Waals surface area contributed by atoms with Crippen LogP contribution in [0, 0.1) is 12.7 Å². The summed E-state index contributed by atoms with van der Waals surface area (Å²) in [7, 11) is -3.42. The van der Waals surface area contributed by atoms with Crippen molar-refractivity contribution in [3.05, 3.63) is 59.9 Å². The molecule has 0 amide bonds. The second-order valence-corrected chi connectivity index (χ2v) is 8.65. The summed E-state index contributed by atoms with van der Waals surface area (Å²) >= 11 is 0. The molecular weight excluding hydrogens is 367 g/mol. The third-order valence-electron chi connectivity index (χ3n) is 4.69. The zero-order valence-electron chi connectivity index (χ0n) is 15.5. The maximum atomic E-state index is 12.9. The highest BCUT2D eigenvalue weighted by atomic mass is 32.2. The second-order valence-electron chi connectivity index (χ2n) is 6.71. The molecule has 1 aliphatic heterocycles. The third kappa shape index (κ3) is 5.28. The molecule has 2 aromatic carbocycles. The number of sulfonamides is 1. The molecule has 0 aromatic heterocycles. The molecule has 0 atom stereocenters. The van der Waals surface area contributed by atoms with Crippen LogP contribution in [0.1, 0.15) is 12.0 Å². The zero-order chi connectivity index (χ0) is 19.3. The first-order chi connectivity index (χ1) is 12.9. The Bertz CT molecular complexity index is 831. The van der Waals surface area contributed by atoms with Crippen molar-refractivity contribution in [1.29, 1.82) is 0 Å². The molecule has 27 heavy (non-hydrogen) atoms. The molecule has 0 saturated carbocycles. The van der Waals surface area contributed by atoms with Crippen LogP contribution in [-0.4, -0.2) is 57.0 Å². The van der Waals surface area contributed by atoms with Gasteiger partial charge in [0.2, 0.25) is 10.0 Å². The van der Waals surface area contributed by atoms with E-state index in [9.17, 15) is 12.8 Å². The predicted molar refractivity (Wildman–Crippen MR) is 103 cm³/mol. The van der Waals surface area contributed by atoms with Gasteiger partial charge in [0.05, 0.1) is 11.5 Å². The van der Waals surface area contributed by atoms with E-state index < -0.39 is 10.0 Å². The lowest BCUT2D eigenvalue weighted by Gasteiger charge is -2.34. The van der Waals surface area contributed by atoms with E-state index in [-0.39, 0.29) is 5.82 Å². The number of piperazine rings is 1. The number of benzene rings is 2. The number of aryl methyl sites for hydroxylation is 1. The minimum absolute atomic E-state index is 0.277. The average molecular weight is 392 g/mol. The molecule has 7 heteroatoms. The Morgan fingerprint density at radius 1 is 0.963 bits per heavy atom. The third-order valence-corrected chi connectivity index (χ3v) is 6.60. The summed E-state index contributed by atoms with van der Waals surface area (Å²) in [6, 6.07) is 13.0. The van der Waals surface area contributed by atoms with Gasteiger partial charge in [-0.1, -0.05) is 17.7 Å². The van der Waals surface area contributed by atoms with Crippen LogP contribution in [0.2, 0.25) is 0 Å². The fourth-order valence-electron chi connectivity index (χ4n) is 3.06. The Morgan fingerprint density at radius 2 is 1.59 bits per heavy atom. The number of nitrogens with zero attached hydrogens (tertiary/aromatic N) is 2. The van der Waals surface area contributed by atoms with Crippen LogP contribution < -0.4 is 4.74 Å². The second kappa shape index (κ2) is 8.82. The fourth-order valence-corrected chi connectivity index (χ4v) is 4.48. The Morgan fingerprint density at radius 3 is 2.22 bits per heavy atom. The van der Waals surface area contributed by atoms with E-state index >= 15 is 0 Å². The molecule has 0 spiro atoms. The van der Waals surface area contributed by atoms with Crippen molar-refractivity contribution in [3.63, 3.8) is 0 Å². The molecule has 5 nitrogen and oxygen atoms in total. The van der Waals surface area contributed by atoms with Gasteiger partial charge in [-0.15, -0.1) is 0 Å². The van der Waals surface area contributed by atoms with Gasteiger partial charge < -0.3 is 9.64 Å². The van der Waals surface area contributed by atoms with E-state index in [1.165, 1.54) is 12.1 Å². The Balaban J connectivity index is 1.42. The van der Waals surface area contributed by atoms with Crippen LogP contribution in [0.25, 0.3) is 0 Å². The summed E-state index contributed by atoms with van der Waals surface area (Å²) in [6.07, 6.45) is 0.835. The van der Waals surface area contributed by atoms with E-state index in [1.807, 2.05) is 19.1 Å². The maximum absolute atomic E-state index is 12.9. The number of hydrogen-bond donors (Lipinski definition) is 0. The average Bonchev–Trinajstić information content (AvgIpc) is 2.67. The van der Waals surface area contributed by atoms with Gasteiger partial charge in [0.15, 0.2) is 0 Å². The van der Waals surface area contributed by atoms with Crippen molar-refractivity contribution >= 4 is 10.0 Å². The van der Waals surface area contributed by atoms with Gasteiger partial charge in [-0.3, -0.25) is 0 Å². The minimum Gasteiger partial charge on any atom is -0.494 e. The predicted octanol–water partition coefficient (Wildman–Crippen LogP) is 2.91. The highest BCUT2D eigenvalue weighted by Gasteiger charge is 2.28. The van der Waals surface area contributed by atoms with Crippen molar-refractivity contribution in [3.8, 4) is 5.75 Å². The van der Waals surface area contributed by atoms with Crippen molar-refractivity contribution in [2.24, 2.45) is 0 Å². The summed E-state index contributed by atoms with van der Waals surface area (Å²) in [5.41, 5.74) is 1.04. The molecule has 1 saturated heterocycles. The van der Waals surface area contributed by atoms with Gasteiger partial charge in [0.1, 0.15) is 11.6 Å². The van der Waals surface area contributed by atoms with Crippen molar-refractivity contribution in [2.45, 2.75) is 18.2 Å². The number of hydrogen-bond acceptors (Lipinski definition) is 4. The van der Waals surface area contributed by atoms with E-state index in [1.54, 1.807) is 28.6 Å². The monoisotopic (exact) mass is 392 g/mol. The topological polar surface area (TPSA) is 49.9 Å². The summed E-state index contributed by atoms with van der Waals surface area (Å²) in [4.78, 5) is 2.60. The molecule has 1 heterocycles. The fraction of sp³-hybridized carbons (Fsp3) is 0.400. The molecule has 1 fully saturated rings. The van der Waals surface area contributed by atoms with Crippen LogP contribution >= 0.6 is 0 Å². The van der Waals surface area contributed by atoms with Crippen LogP contribution in [0.5, 0.6) is 5.75 Å². The van der Waals surface area contributed by atoms with Crippen LogP contribution in [0.4, 0.5) is 4.39 Å². The first-order valence-corrected chi connectivity index (χ1v) is 10.6. The molecule has 2 aromatic rings. The Labute approximate surface area is 160 Å².